The molecule has 1 amide bonds. The molecular formula is C35H42F5N7O4. The van der Waals surface area contributed by atoms with Crippen LogP contribution in [-0.4, -0.2) is 101 Å². The second kappa shape index (κ2) is 12.9. The number of nitrogen functional groups attached to an aromatic ring is 1. The smallest absolute Gasteiger partial charge is 0.418 e. The van der Waals surface area contributed by atoms with Crippen molar-refractivity contribution in [3.63, 3.8) is 0 Å². The molecule has 16 heteroatoms. The van der Waals surface area contributed by atoms with Crippen LogP contribution in [0.25, 0.3) is 22.2 Å². The number of pyridine rings is 1. The highest BCUT2D eigenvalue weighted by atomic mass is 19.4. The molecule has 1 aliphatic carbocycles. The molecule has 7 rings (SSSR count). The fourth-order valence-corrected chi connectivity index (χ4v) is 7.58. The Labute approximate surface area is 292 Å². The lowest BCUT2D eigenvalue weighted by atomic mass is 9.98. The molecule has 3 saturated heterocycles. The van der Waals surface area contributed by atoms with Crippen LogP contribution >= 0.6 is 0 Å². The van der Waals surface area contributed by atoms with Crippen LogP contribution < -0.4 is 15.4 Å². The topological polar surface area (TPSA) is 119 Å². The quantitative estimate of drug-likeness (QED) is 0.293. The van der Waals surface area contributed by atoms with Crippen LogP contribution in [0, 0.1) is 24.0 Å². The summed E-state index contributed by atoms with van der Waals surface area (Å²) in [6.45, 7) is 11.0. The average Bonchev–Trinajstić information content (AvgIpc) is 3.74. The number of anilines is 2. The first kappa shape index (κ1) is 35.4. The number of piperazine rings is 1. The van der Waals surface area contributed by atoms with Crippen molar-refractivity contribution >= 4 is 28.6 Å². The van der Waals surface area contributed by atoms with E-state index in [9.17, 15) is 18.0 Å². The van der Waals surface area contributed by atoms with E-state index in [4.69, 9.17) is 19.9 Å². The predicted octanol–water partition coefficient (Wildman–Crippen LogP) is 5.96. The Bertz CT molecular complexity index is 1830. The zero-order valence-corrected chi connectivity index (χ0v) is 29.1. The fourth-order valence-electron chi connectivity index (χ4n) is 7.58. The summed E-state index contributed by atoms with van der Waals surface area (Å²) in [4.78, 5) is 31.8. The van der Waals surface area contributed by atoms with Crippen LogP contribution in [0.3, 0.4) is 0 Å². The number of hydrogen-bond acceptors (Lipinski definition) is 10. The van der Waals surface area contributed by atoms with Crippen molar-refractivity contribution in [1.82, 2.24) is 24.8 Å². The molecule has 2 bridgehead atoms. The van der Waals surface area contributed by atoms with Gasteiger partial charge in [-0.2, -0.15) is 23.1 Å². The molecule has 3 aliphatic heterocycles. The highest BCUT2D eigenvalue weighted by molar-refractivity contribution is 5.94. The molecule has 2 N–H and O–H groups in total. The number of amides is 1. The molecule has 1 saturated carbocycles. The zero-order chi connectivity index (χ0) is 36.5. The number of ether oxygens (including phenoxy) is 3. The molecule has 11 nitrogen and oxygen atoms in total. The Hall–Kier alpha value is -4.05. The molecule has 4 aliphatic rings. The highest BCUT2D eigenvalue weighted by Crippen LogP contribution is 2.47. The Morgan fingerprint density at radius 1 is 1.04 bits per heavy atom. The van der Waals surface area contributed by atoms with Crippen LogP contribution in [-0.2, 0) is 15.7 Å². The van der Waals surface area contributed by atoms with E-state index in [2.05, 4.69) is 19.9 Å². The number of aromatic nitrogens is 3. The van der Waals surface area contributed by atoms with E-state index in [1.54, 1.807) is 25.7 Å². The number of rotatable bonds is 7. The number of halogens is 5. The van der Waals surface area contributed by atoms with Gasteiger partial charge in [-0.15, -0.1) is 0 Å². The standard InChI is InChI=1S/C35H42F5N7O4/c1-19-13-24(41)42-29(26(19)35(38,39)40)25-23(36)14-22-28(27(25)37)43-31(50-18-34(7-8-34)17-45-9-11-49-12-10-45)44-30(22)46-15-20-5-6-21(16-46)47(20)32(48)51-33(2,3)4/h13-14,20-21H,5-12,15-18H2,1-4H3,(H2,41,42). The molecule has 0 spiro atoms. The van der Waals surface area contributed by atoms with Gasteiger partial charge in [0.15, 0.2) is 5.82 Å². The lowest BCUT2D eigenvalue weighted by Crippen LogP contribution is -2.57. The Morgan fingerprint density at radius 2 is 1.71 bits per heavy atom. The molecule has 1 aromatic carbocycles. The molecule has 276 valence electrons. The second-order valence-corrected chi connectivity index (χ2v) is 15.2. The van der Waals surface area contributed by atoms with Crippen LogP contribution in [0.15, 0.2) is 12.1 Å². The maximum Gasteiger partial charge on any atom is 0.418 e. The lowest BCUT2D eigenvalue weighted by molar-refractivity contribution is -0.137. The van der Waals surface area contributed by atoms with Crippen molar-refractivity contribution < 1.29 is 41.0 Å². The van der Waals surface area contributed by atoms with Gasteiger partial charge in [-0.05, 0) is 71.1 Å². The number of fused-ring (bicyclic) bond motifs is 3. The maximum absolute atomic E-state index is 16.7. The number of nitrogens with two attached hydrogens (primary N) is 1. The molecule has 2 atom stereocenters. The van der Waals surface area contributed by atoms with Crippen molar-refractivity contribution in [3.8, 4) is 17.3 Å². The third-order valence-electron chi connectivity index (χ3n) is 10.1. The summed E-state index contributed by atoms with van der Waals surface area (Å²) in [6, 6.07) is 1.23. The van der Waals surface area contributed by atoms with Gasteiger partial charge in [0.05, 0.1) is 48.7 Å². The van der Waals surface area contributed by atoms with Gasteiger partial charge < -0.3 is 24.8 Å². The van der Waals surface area contributed by atoms with Crippen LogP contribution in [0.1, 0.15) is 57.6 Å². The number of aryl methyl sites for hydroxylation is 1. The molecule has 2 aromatic heterocycles. The molecule has 51 heavy (non-hydrogen) atoms. The van der Waals surface area contributed by atoms with Crippen molar-refractivity contribution in [2.45, 2.75) is 77.2 Å². The van der Waals surface area contributed by atoms with Gasteiger partial charge >= 0.3 is 18.3 Å². The summed E-state index contributed by atoms with van der Waals surface area (Å²) >= 11 is 0. The van der Waals surface area contributed by atoms with E-state index >= 15 is 8.78 Å². The molecule has 4 fully saturated rings. The molecule has 2 unspecified atom stereocenters. The van der Waals surface area contributed by atoms with Crippen molar-refractivity contribution in [2.24, 2.45) is 5.41 Å². The predicted molar refractivity (Wildman–Crippen MR) is 178 cm³/mol. The monoisotopic (exact) mass is 719 g/mol. The Morgan fingerprint density at radius 3 is 2.31 bits per heavy atom. The summed E-state index contributed by atoms with van der Waals surface area (Å²) in [5.74, 6) is -2.79. The number of morpholine rings is 1. The number of alkyl halides is 3. The Kier molecular flexibility index (Phi) is 8.92. The first-order valence-electron chi connectivity index (χ1n) is 17.3. The summed E-state index contributed by atoms with van der Waals surface area (Å²) < 4.78 is 93.0. The number of hydrogen-bond donors (Lipinski definition) is 1. The van der Waals surface area contributed by atoms with E-state index in [0.29, 0.717) is 26.1 Å². The number of benzene rings is 1. The van der Waals surface area contributed by atoms with Gasteiger partial charge in [-0.25, -0.2) is 18.6 Å². The average molecular weight is 720 g/mol. The number of carbonyl (C=O) groups is 1. The number of carbonyl (C=O) groups excluding carboxylic acids is 1. The van der Waals surface area contributed by atoms with Gasteiger partial charge in [0.1, 0.15) is 28.6 Å². The second-order valence-electron chi connectivity index (χ2n) is 15.2. The minimum atomic E-state index is -4.98. The highest BCUT2D eigenvalue weighted by Gasteiger charge is 2.47. The SMILES string of the molecule is Cc1cc(N)nc(-c2c(F)cc3c(N4CC5CCC(C4)N5C(=O)OC(C)(C)C)nc(OCC4(CN5CCOCC5)CC4)nc3c2F)c1C(F)(F)F. The van der Waals surface area contributed by atoms with Gasteiger partial charge in [0.2, 0.25) is 0 Å². The summed E-state index contributed by atoms with van der Waals surface area (Å²) in [5, 5.41) is -0.0464. The van der Waals surface area contributed by atoms with Crippen LogP contribution in [0.5, 0.6) is 6.01 Å². The molecule has 3 aromatic rings. The molecule has 5 heterocycles. The first-order chi connectivity index (χ1) is 24.0. The van der Waals surface area contributed by atoms with E-state index < -0.39 is 51.8 Å². The summed E-state index contributed by atoms with van der Waals surface area (Å²) in [7, 11) is 0. The van der Waals surface area contributed by atoms with E-state index in [1.165, 1.54) is 0 Å². The van der Waals surface area contributed by atoms with Crippen molar-refractivity contribution in [1.29, 1.82) is 0 Å². The van der Waals surface area contributed by atoms with Crippen LogP contribution in [0.2, 0.25) is 0 Å². The summed E-state index contributed by atoms with van der Waals surface area (Å²) in [5.41, 5.74) is 0.931. The van der Waals surface area contributed by atoms with E-state index in [0.717, 1.165) is 51.5 Å². The fraction of sp³-hybridized carbons (Fsp3) is 0.600. The van der Waals surface area contributed by atoms with Gasteiger partial charge in [0, 0.05) is 43.5 Å². The van der Waals surface area contributed by atoms with Crippen molar-refractivity contribution in [2.75, 3.05) is 63.2 Å². The number of nitrogens with zero attached hydrogens (tertiary/aromatic N) is 6. The maximum atomic E-state index is 16.7. The van der Waals surface area contributed by atoms with E-state index in [-0.39, 0.29) is 65.8 Å². The third-order valence-corrected chi connectivity index (χ3v) is 10.1. The van der Waals surface area contributed by atoms with Gasteiger partial charge in [0.25, 0.3) is 0 Å². The third kappa shape index (κ3) is 7.08. The molecular weight excluding hydrogens is 677 g/mol. The van der Waals surface area contributed by atoms with E-state index in [1.807, 2.05) is 4.90 Å². The van der Waals surface area contributed by atoms with Gasteiger partial charge in [-0.1, -0.05) is 0 Å². The lowest BCUT2D eigenvalue weighted by Gasteiger charge is -2.42. The first-order valence-corrected chi connectivity index (χ1v) is 17.3. The minimum absolute atomic E-state index is 0.0464. The minimum Gasteiger partial charge on any atom is -0.463 e. The van der Waals surface area contributed by atoms with Crippen LogP contribution in [0.4, 0.5) is 38.4 Å². The van der Waals surface area contributed by atoms with Gasteiger partial charge in [-0.3, -0.25) is 9.80 Å². The largest absolute Gasteiger partial charge is 0.463 e. The normalized spacial score (nSPS) is 22.1. The van der Waals surface area contributed by atoms with Crippen molar-refractivity contribution in [3.05, 3.63) is 34.9 Å². The zero-order valence-electron chi connectivity index (χ0n) is 29.1. The summed E-state index contributed by atoms with van der Waals surface area (Å²) in [6.07, 6.45) is -2.23. The Balaban J connectivity index is 1.29. The molecule has 0 radical (unpaired) electrons.